The molecule has 0 aliphatic carbocycles. The summed E-state index contributed by atoms with van der Waals surface area (Å²) in [6, 6.07) is 13.6. The lowest BCUT2D eigenvalue weighted by atomic mass is 9.90. The zero-order valence-corrected chi connectivity index (χ0v) is 16.3. The van der Waals surface area contributed by atoms with Crippen molar-refractivity contribution in [2.24, 2.45) is 0 Å². The van der Waals surface area contributed by atoms with Crippen LogP contribution in [0.25, 0.3) is 0 Å². The molecule has 5 rings (SSSR count). The maximum atomic E-state index is 13.5. The number of aromatic nitrogens is 1. The number of halogens is 2. The highest BCUT2D eigenvalue weighted by molar-refractivity contribution is 6.30. The number of carbonyl (C=O) groups excluding carboxylic acids is 2. The third kappa shape index (κ3) is 2.45. The Bertz CT molecular complexity index is 1180. The lowest BCUT2D eigenvalue weighted by molar-refractivity contribution is -0.606. The predicted molar refractivity (Wildman–Crippen MR) is 106 cm³/mol. The van der Waals surface area contributed by atoms with Crippen molar-refractivity contribution >= 4 is 23.4 Å². The standard InChI is InChI=1S/C22H15ClFN3O3/c23-16-5-3-15(4-6-16)22-19-13-25(30)10-9-18(19)21(29)27(22)12-11-26(22)20(28)14-1-7-17(24)8-2-14/h1-10,13H,11-12H2/t22-/m1/s1. The second kappa shape index (κ2) is 6.53. The minimum Gasteiger partial charge on any atom is -0.619 e. The summed E-state index contributed by atoms with van der Waals surface area (Å²) in [5, 5.41) is 12.7. The Balaban J connectivity index is 1.76. The van der Waals surface area contributed by atoms with E-state index >= 15 is 0 Å². The Morgan fingerprint density at radius 2 is 1.77 bits per heavy atom. The molecule has 8 heteroatoms. The fourth-order valence-corrected chi connectivity index (χ4v) is 4.57. The first kappa shape index (κ1) is 18.6. The van der Waals surface area contributed by atoms with Gasteiger partial charge in [0, 0.05) is 35.3 Å². The average Bonchev–Trinajstić information content (AvgIpc) is 3.24. The topological polar surface area (TPSA) is 67.6 Å². The zero-order chi connectivity index (χ0) is 21.0. The molecule has 1 fully saturated rings. The van der Waals surface area contributed by atoms with Gasteiger partial charge in [0.2, 0.25) is 0 Å². The van der Waals surface area contributed by atoms with Gasteiger partial charge in [-0.2, -0.15) is 4.73 Å². The van der Waals surface area contributed by atoms with Crippen LogP contribution in [0.2, 0.25) is 5.02 Å². The van der Waals surface area contributed by atoms with Crippen molar-refractivity contribution in [3.05, 3.63) is 105 Å². The largest absolute Gasteiger partial charge is 0.619 e. The molecule has 2 amide bonds. The van der Waals surface area contributed by atoms with Crippen LogP contribution in [0.4, 0.5) is 4.39 Å². The van der Waals surface area contributed by atoms with E-state index in [1.54, 1.807) is 34.1 Å². The quantitative estimate of drug-likeness (QED) is 0.470. The molecule has 2 aliphatic heterocycles. The van der Waals surface area contributed by atoms with Crippen molar-refractivity contribution in [2.75, 3.05) is 13.1 Å². The summed E-state index contributed by atoms with van der Waals surface area (Å²) in [5.74, 6) is -1.07. The summed E-state index contributed by atoms with van der Waals surface area (Å²) in [6.07, 6.45) is 2.60. The van der Waals surface area contributed by atoms with E-state index in [4.69, 9.17) is 11.6 Å². The Hall–Kier alpha value is -3.45. The molecule has 1 saturated heterocycles. The minimum atomic E-state index is -1.28. The van der Waals surface area contributed by atoms with Gasteiger partial charge in [-0.1, -0.05) is 23.7 Å². The second-order valence-electron chi connectivity index (χ2n) is 7.23. The smallest absolute Gasteiger partial charge is 0.257 e. The van der Waals surface area contributed by atoms with Crippen LogP contribution in [0, 0.1) is 11.0 Å². The van der Waals surface area contributed by atoms with Gasteiger partial charge in [0.1, 0.15) is 5.82 Å². The van der Waals surface area contributed by atoms with Gasteiger partial charge in [-0.05, 0) is 36.4 Å². The van der Waals surface area contributed by atoms with Crippen LogP contribution in [0.5, 0.6) is 0 Å². The van der Waals surface area contributed by atoms with E-state index in [-0.39, 0.29) is 18.4 Å². The maximum absolute atomic E-state index is 13.5. The van der Waals surface area contributed by atoms with Crippen LogP contribution in [0.15, 0.2) is 67.0 Å². The molecule has 3 heterocycles. The number of amides is 2. The van der Waals surface area contributed by atoms with Crippen molar-refractivity contribution in [3.8, 4) is 0 Å². The zero-order valence-electron chi connectivity index (χ0n) is 15.6. The van der Waals surface area contributed by atoms with Gasteiger partial charge in [0.05, 0.1) is 11.1 Å². The van der Waals surface area contributed by atoms with Gasteiger partial charge in [0.15, 0.2) is 18.1 Å². The lowest BCUT2D eigenvalue weighted by Crippen LogP contribution is -2.52. The first-order chi connectivity index (χ1) is 14.4. The number of pyridine rings is 1. The van der Waals surface area contributed by atoms with Crippen molar-refractivity contribution in [1.29, 1.82) is 0 Å². The van der Waals surface area contributed by atoms with Gasteiger partial charge >= 0.3 is 0 Å². The number of hydrogen-bond donors (Lipinski definition) is 0. The van der Waals surface area contributed by atoms with Crippen LogP contribution in [-0.2, 0) is 5.66 Å². The molecule has 2 aromatic carbocycles. The molecule has 2 aliphatic rings. The molecule has 1 atom stereocenters. The van der Waals surface area contributed by atoms with E-state index in [0.29, 0.717) is 38.6 Å². The molecule has 0 spiro atoms. The first-order valence-corrected chi connectivity index (χ1v) is 9.69. The molecule has 0 N–H and O–H groups in total. The molecule has 3 aromatic rings. The molecule has 1 aromatic heterocycles. The molecule has 0 saturated carbocycles. The number of carbonyl (C=O) groups is 2. The maximum Gasteiger partial charge on any atom is 0.257 e. The summed E-state index contributed by atoms with van der Waals surface area (Å²) < 4.78 is 14.0. The van der Waals surface area contributed by atoms with Gasteiger partial charge < -0.3 is 15.0 Å². The summed E-state index contributed by atoms with van der Waals surface area (Å²) in [4.78, 5) is 29.8. The van der Waals surface area contributed by atoms with Crippen LogP contribution < -0.4 is 4.73 Å². The number of fused-ring (bicyclic) bond motifs is 3. The second-order valence-corrected chi connectivity index (χ2v) is 7.67. The average molecular weight is 424 g/mol. The van der Waals surface area contributed by atoms with Crippen molar-refractivity contribution in [1.82, 2.24) is 9.80 Å². The normalized spacial score (nSPS) is 19.7. The molecule has 0 unspecified atom stereocenters. The number of nitrogens with zero attached hydrogens (tertiary/aromatic N) is 3. The van der Waals surface area contributed by atoms with Gasteiger partial charge in [-0.25, -0.2) is 4.39 Å². The SMILES string of the molecule is O=C(c1ccc(F)cc1)N1CCN2C(=O)c3cc[n+]([O-])cc3[C@]12c1ccc(Cl)cc1. The number of benzene rings is 2. The lowest BCUT2D eigenvalue weighted by Gasteiger charge is -2.39. The Morgan fingerprint density at radius 1 is 1.07 bits per heavy atom. The Kier molecular flexibility index (Phi) is 4.04. The number of rotatable bonds is 2. The first-order valence-electron chi connectivity index (χ1n) is 9.32. The fraction of sp³-hybridized carbons (Fsp3) is 0.136. The van der Waals surface area contributed by atoms with E-state index < -0.39 is 11.5 Å². The van der Waals surface area contributed by atoms with Crippen LogP contribution in [0.1, 0.15) is 31.8 Å². The summed E-state index contributed by atoms with van der Waals surface area (Å²) in [6.45, 7) is 0.555. The summed E-state index contributed by atoms with van der Waals surface area (Å²) in [5.41, 5.74) is 0.445. The van der Waals surface area contributed by atoms with Crippen LogP contribution in [-0.4, -0.2) is 34.7 Å². The highest BCUT2D eigenvalue weighted by atomic mass is 35.5. The van der Waals surface area contributed by atoms with Crippen LogP contribution in [0.3, 0.4) is 0 Å². The van der Waals surface area contributed by atoms with Crippen molar-refractivity contribution in [2.45, 2.75) is 5.66 Å². The molecular formula is C22H15ClFN3O3. The molecular weight excluding hydrogens is 409 g/mol. The van der Waals surface area contributed by atoms with Crippen molar-refractivity contribution < 1.29 is 18.7 Å². The monoisotopic (exact) mass is 423 g/mol. The van der Waals surface area contributed by atoms with Gasteiger partial charge in [-0.15, -0.1) is 0 Å². The number of hydrogen-bond acceptors (Lipinski definition) is 3. The van der Waals surface area contributed by atoms with Gasteiger partial charge in [-0.3, -0.25) is 9.59 Å². The van der Waals surface area contributed by atoms with Crippen LogP contribution >= 0.6 is 11.6 Å². The molecule has 6 nitrogen and oxygen atoms in total. The van der Waals surface area contributed by atoms with E-state index in [0.717, 1.165) is 0 Å². The predicted octanol–water partition coefficient (Wildman–Crippen LogP) is 2.93. The van der Waals surface area contributed by atoms with E-state index in [2.05, 4.69) is 0 Å². The van der Waals surface area contributed by atoms with E-state index in [1.165, 1.54) is 42.7 Å². The summed E-state index contributed by atoms with van der Waals surface area (Å²) >= 11 is 6.07. The third-order valence-corrected chi connectivity index (χ3v) is 5.95. The van der Waals surface area contributed by atoms with Crippen molar-refractivity contribution in [3.63, 3.8) is 0 Å². The van der Waals surface area contributed by atoms with E-state index in [1.807, 2.05) is 0 Å². The Labute approximate surface area is 176 Å². The highest BCUT2D eigenvalue weighted by Crippen LogP contribution is 2.49. The summed E-state index contributed by atoms with van der Waals surface area (Å²) in [7, 11) is 0. The molecule has 150 valence electrons. The Morgan fingerprint density at radius 3 is 2.47 bits per heavy atom. The van der Waals surface area contributed by atoms with E-state index in [9.17, 15) is 19.2 Å². The fourth-order valence-electron chi connectivity index (χ4n) is 4.44. The molecule has 0 bridgehead atoms. The van der Waals surface area contributed by atoms with Gasteiger partial charge in [0.25, 0.3) is 11.8 Å². The molecule has 0 radical (unpaired) electrons. The highest BCUT2D eigenvalue weighted by Gasteiger charge is 2.61. The minimum absolute atomic E-state index is 0.255. The molecule has 30 heavy (non-hydrogen) atoms. The third-order valence-electron chi connectivity index (χ3n) is 5.70.